The van der Waals surface area contributed by atoms with Crippen molar-refractivity contribution in [2.45, 2.75) is 36.8 Å². The molecule has 2 rings (SSSR count). The molecule has 0 fully saturated rings. The summed E-state index contributed by atoms with van der Waals surface area (Å²) in [5.41, 5.74) is 0.812. The zero-order valence-corrected chi connectivity index (χ0v) is 15.9. The number of hydrogen-bond acceptors (Lipinski definition) is 3. The number of rotatable bonds is 3. The minimum absolute atomic E-state index is 0.102. The van der Waals surface area contributed by atoms with Crippen molar-refractivity contribution in [3.63, 3.8) is 0 Å². The number of nitrogens with zero attached hydrogens (tertiary/aromatic N) is 2. The Labute approximate surface area is 147 Å². The number of hydrogen-bond donors (Lipinski definition) is 0. The molecule has 0 atom stereocenters. The largest absolute Gasteiger partial charge is 0.235 e. The summed E-state index contributed by atoms with van der Waals surface area (Å²) in [4.78, 5) is 9.99. The summed E-state index contributed by atoms with van der Waals surface area (Å²) in [6.07, 6.45) is 0. The maximum absolute atomic E-state index is 6.20. The van der Waals surface area contributed by atoms with Gasteiger partial charge < -0.3 is 0 Å². The number of benzene rings is 1. The summed E-state index contributed by atoms with van der Waals surface area (Å²) < 4.78 is 0.767. The highest BCUT2D eigenvalue weighted by atomic mass is 79.9. The summed E-state index contributed by atoms with van der Waals surface area (Å²) >= 11 is 17.4. The van der Waals surface area contributed by atoms with Gasteiger partial charge in [-0.15, -0.1) is 11.8 Å². The Morgan fingerprint density at radius 2 is 1.81 bits per heavy atom. The molecule has 0 radical (unpaired) electrons. The topological polar surface area (TPSA) is 25.8 Å². The first-order valence-corrected chi connectivity index (χ1v) is 8.92. The highest BCUT2D eigenvalue weighted by Crippen LogP contribution is 2.34. The molecule has 112 valence electrons. The summed E-state index contributed by atoms with van der Waals surface area (Å²) in [5.74, 6) is 1.33. The van der Waals surface area contributed by atoms with Gasteiger partial charge in [0.1, 0.15) is 11.0 Å². The highest BCUT2D eigenvalue weighted by Gasteiger charge is 2.22. The molecule has 1 heterocycles. The van der Waals surface area contributed by atoms with E-state index in [0.29, 0.717) is 16.7 Å². The third-order valence-electron chi connectivity index (χ3n) is 2.76. The fourth-order valence-electron chi connectivity index (χ4n) is 1.73. The zero-order valence-electron chi connectivity index (χ0n) is 12.0. The molecule has 0 N–H and O–H groups in total. The van der Waals surface area contributed by atoms with Crippen molar-refractivity contribution >= 4 is 50.9 Å². The lowest BCUT2D eigenvalue weighted by molar-refractivity contribution is 0.560. The van der Waals surface area contributed by atoms with Crippen LogP contribution in [0.25, 0.3) is 0 Å². The quantitative estimate of drug-likeness (QED) is 0.453. The minimum atomic E-state index is -0.102. The van der Waals surface area contributed by atoms with E-state index in [2.05, 4.69) is 46.7 Å². The molecule has 1 aromatic heterocycles. The van der Waals surface area contributed by atoms with Gasteiger partial charge in [-0.3, -0.25) is 0 Å². The van der Waals surface area contributed by atoms with E-state index in [1.54, 1.807) is 11.8 Å². The predicted molar refractivity (Wildman–Crippen MR) is 94.5 cm³/mol. The molecule has 0 spiro atoms. The van der Waals surface area contributed by atoms with Gasteiger partial charge in [0, 0.05) is 10.3 Å². The Bertz CT molecular complexity index is 657. The molecule has 0 aliphatic carbocycles. The van der Waals surface area contributed by atoms with Crippen LogP contribution in [-0.2, 0) is 11.2 Å². The van der Waals surface area contributed by atoms with E-state index in [4.69, 9.17) is 23.2 Å². The maximum atomic E-state index is 6.20. The third kappa shape index (κ3) is 4.35. The smallest absolute Gasteiger partial charge is 0.147 e. The highest BCUT2D eigenvalue weighted by molar-refractivity contribution is 9.10. The summed E-state index contributed by atoms with van der Waals surface area (Å²) in [6.45, 7) is 6.30. The van der Waals surface area contributed by atoms with Gasteiger partial charge in [0.2, 0.25) is 0 Å². The van der Waals surface area contributed by atoms with Crippen LogP contribution in [0.4, 0.5) is 0 Å². The molecule has 21 heavy (non-hydrogen) atoms. The molecule has 0 bridgehead atoms. The van der Waals surface area contributed by atoms with Crippen LogP contribution in [0, 0.1) is 0 Å². The average Bonchev–Trinajstić information content (AvgIpc) is 2.40. The lowest BCUT2D eigenvalue weighted by Gasteiger charge is -2.20. The third-order valence-corrected chi connectivity index (χ3v) is 5.53. The van der Waals surface area contributed by atoms with Gasteiger partial charge in [0.15, 0.2) is 0 Å². The maximum Gasteiger partial charge on any atom is 0.147 e. The van der Waals surface area contributed by atoms with Gasteiger partial charge >= 0.3 is 0 Å². The number of aromatic nitrogens is 2. The fraction of sp³-hybridized carbons (Fsp3) is 0.333. The standard InChI is InChI=1S/C15H15BrCl2N2S/c1-15(2,3)13-12(16)14(18)20-11(19-13)8-21-10-7-5-4-6-9(10)17/h4-7H,8H2,1-3H3. The number of halogens is 3. The van der Waals surface area contributed by atoms with E-state index in [0.717, 1.165) is 20.1 Å². The van der Waals surface area contributed by atoms with Gasteiger partial charge in [0.25, 0.3) is 0 Å². The SMILES string of the molecule is CC(C)(C)c1nc(CSc2ccccc2Cl)nc(Cl)c1Br. The van der Waals surface area contributed by atoms with E-state index in [9.17, 15) is 0 Å². The van der Waals surface area contributed by atoms with Crippen molar-refractivity contribution in [1.82, 2.24) is 9.97 Å². The summed E-state index contributed by atoms with van der Waals surface area (Å²) in [6, 6.07) is 7.74. The van der Waals surface area contributed by atoms with Crippen molar-refractivity contribution in [2.24, 2.45) is 0 Å². The molecular weight excluding hydrogens is 391 g/mol. The van der Waals surface area contributed by atoms with Crippen LogP contribution >= 0.6 is 50.9 Å². The predicted octanol–water partition coefficient (Wildman–Crippen LogP) is 6.14. The molecule has 1 aromatic carbocycles. The van der Waals surface area contributed by atoms with Crippen LogP contribution in [0.2, 0.25) is 10.2 Å². The second-order valence-corrected chi connectivity index (χ2v) is 8.14. The Balaban J connectivity index is 2.26. The second kappa shape index (κ2) is 6.86. The van der Waals surface area contributed by atoms with Gasteiger partial charge in [-0.1, -0.05) is 56.1 Å². The van der Waals surface area contributed by atoms with Gasteiger partial charge in [0.05, 0.1) is 20.9 Å². The van der Waals surface area contributed by atoms with Crippen LogP contribution in [0.3, 0.4) is 0 Å². The van der Waals surface area contributed by atoms with Crippen LogP contribution in [-0.4, -0.2) is 9.97 Å². The zero-order chi connectivity index (χ0) is 15.6. The van der Waals surface area contributed by atoms with Crippen LogP contribution < -0.4 is 0 Å². The van der Waals surface area contributed by atoms with Crippen molar-refractivity contribution in [3.8, 4) is 0 Å². The Kier molecular flexibility index (Phi) is 5.58. The van der Waals surface area contributed by atoms with E-state index < -0.39 is 0 Å². The first-order valence-electron chi connectivity index (χ1n) is 6.39. The minimum Gasteiger partial charge on any atom is -0.235 e. The average molecular weight is 406 g/mol. The first-order chi connectivity index (χ1) is 9.79. The van der Waals surface area contributed by atoms with Gasteiger partial charge in [-0.05, 0) is 28.1 Å². The molecule has 0 aliphatic rings. The van der Waals surface area contributed by atoms with E-state index in [1.165, 1.54) is 0 Å². The molecular formula is C15H15BrCl2N2S. The van der Waals surface area contributed by atoms with E-state index in [-0.39, 0.29) is 5.41 Å². The fourth-order valence-corrected chi connectivity index (χ4v) is 3.78. The van der Waals surface area contributed by atoms with Crippen molar-refractivity contribution in [2.75, 3.05) is 0 Å². The lowest BCUT2D eigenvalue weighted by atomic mass is 9.92. The first kappa shape index (κ1) is 17.1. The van der Waals surface area contributed by atoms with Crippen LogP contribution in [0.1, 0.15) is 32.3 Å². The normalized spacial score (nSPS) is 11.7. The second-order valence-electron chi connectivity index (χ2n) is 5.56. The lowest BCUT2D eigenvalue weighted by Crippen LogP contribution is -2.16. The Morgan fingerprint density at radius 3 is 2.43 bits per heavy atom. The van der Waals surface area contributed by atoms with E-state index >= 15 is 0 Å². The van der Waals surface area contributed by atoms with Crippen LogP contribution in [0.5, 0.6) is 0 Å². The molecule has 2 aromatic rings. The van der Waals surface area contributed by atoms with Gasteiger partial charge in [-0.2, -0.15) is 0 Å². The Hall–Kier alpha value is -0.290. The molecule has 0 aliphatic heterocycles. The monoisotopic (exact) mass is 404 g/mol. The molecule has 6 heteroatoms. The van der Waals surface area contributed by atoms with E-state index in [1.807, 2.05) is 24.3 Å². The molecule has 0 saturated heterocycles. The number of thioether (sulfide) groups is 1. The molecule has 2 nitrogen and oxygen atoms in total. The summed E-state index contributed by atoms with van der Waals surface area (Å²) in [5, 5.41) is 1.19. The molecule has 0 unspecified atom stereocenters. The van der Waals surface area contributed by atoms with Crippen molar-refractivity contribution < 1.29 is 0 Å². The van der Waals surface area contributed by atoms with Crippen molar-refractivity contribution in [1.29, 1.82) is 0 Å². The van der Waals surface area contributed by atoms with Gasteiger partial charge in [-0.25, -0.2) is 9.97 Å². The Morgan fingerprint density at radius 1 is 1.14 bits per heavy atom. The molecule has 0 saturated carbocycles. The summed E-state index contributed by atoms with van der Waals surface area (Å²) in [7, 11) is 0. The van der Waals surface area contributed by atoms with Crippen LogP contribution in [0.15, 0.2) is 33.6 Å². The van der Waals surface area contributed by atoms with Crippen molar-refractivity contribution in [3.05, 3.63) is 50.4 Å². The molecule has 0 amide bonds.